The van der Waals surface area contributed by atoms with Gasteiger partial charge in [0.05, 0.1) is 11.2 Å². The number of benzene rings is 1. The molecule has 0 spiro atoms. The van der Waals surface area contributed by atoms with Crippen LogP contribution in [0.4, 0.5) is 8.78 Å². The molecule has 0 fully saturated rings. The predicted octanol–water partition coefficient (Wildman–Crippen LogP) is 2.29. The average molecular weight is 381 g/mol. The van der Waals surface area contributed by atoms with Crippen LogP contribution < -0.4 is 10.3 Å². The van der Waals surface area contributed by atoms with Crippen molar-refractivity contribution in [2.45, 2.75) is 6.43 Å². The molecule has 3 heterocycles. The third-order valence-corrected chi connectivity index (χ3v) is 4.05. The molecule has 4 rings (SSSR count). The second kappa shape index (κ2) is 6.74. The van der Waals surface area contributed by atoms with Crippen molar-refractivity contribution in [2.24, 2.45) is 7.05 Å². The molecule has 0 N–H and O–H groups in total. The molecule has 0 unspecified atom stereocenters. The summed E-state index contributed by atoms with van der Waals surface area (Å²) in [6, 6.07) is 8.18. The van der Waals surface area contributed by atoms with Gasteiger partial charge in [-0.3, -0.25) is 9.48 Å². The molecule has 0 aliphatic rings. The lowest BCUT2D eigenvalue weighted by atomic mass is 10.2. The minimum Gasteiger partial charge on any atom is -0.472 e. The first-order valence-corrected chi connectivity index (χ1v) is 8.21. The first-order valence-electron chi connectivity index (χ1n) is 8.21. The monoisotopic (exact) mass is 381 g/mol. The molecule has 0 saturated carbocycles. The molecule has 0 amide bonds. The SMILES string of the molecule is C#Cc1c(=O)n(-c2ccc3nn(C)cc3c2)nc2ccc(OCC(F)F)nc12. The molecule has 28 heavy (non-hydrogen) atoms. The Balaban J connectivity index is 1.87. The Kier molecular flexibility index (Phi) is 4.24. The van der Waals surface area contributed by atoms with Crippen LogP contribution in [0.3, 0.4) is 0 Å². The van der Waals surface area contributed by atoms with Gasteiger partial charge in [-0.05, 0) is 24.3 Å². The van der Waals surface area contributed by atoms with Crippen LogP contribution in [-0.4, -0.2) is 37.6 Å². The van der Waals surface area contributed by atoms with Crippen molar-refractivity contribution in [2.75, 3.05) is 6.61 Å². The maximum atomic E-state index is 12.9. The Bertz CT molecular complexity index is 1300. The van der Waals surface area contributed by atoms with E-state index in [4.69, 9.17) is 11.2 Å². The summed E-state index contributed by atoms with van der Waals surface area (Å²) in [7, 11) is 1.80. The van der Waals surface area contributed by atoms with Gasteiger partial charge in [0.1, 0.15) is 16.6 Å². The van der Waals surface area contributed by atoms with Crippen LogP contribution in [0.2, 0.25) is 0 Å². The van der Waals surface area contributed by atoms with E-state index in [1.54, 1.807) is 29.9 Å². The fourth-order valence-electron chi connectivity index (χ4n) is 2.86. The zero-order valence-corrected chi connectivity index (χ0v) is 14.6. The van der Waals surface area contributed by atoms with Gasteiger partial charge in [-0.25, -0.2) is 13.8 Å². The quantitative estimate of drug-likeness (QED) is 0.507. The fourth-order valence-corrected chi connectivity index (χ4v) is 2.86. The van der Waals surface area contributed by atoms with E-state index in [2.05, 4.69) is 21.1 Å². The summed E-state index contributed by atoms with van der Waals surface area (Å²) in [6.07, 6.45) is 4.70. The van der Waals surface area contributed by atoms with E-state index >= 15 is 0 Å². The van der Waals surface area contributed by atoms with E-state index in [1.807, 2.05) is 6.20 Å². The van der Waals surface area contributed by atoms with Gasteiger partial charge in [0, 0.05) is 24.7 Å². The number of halogens is 2. The first-order chi connectivity index (χ1) is 13.5. The van der Waals surface area contributed by atoms with Crippen molar-refractivity contribution < 1.29 is 13.5 Å². The molecule has 0 aliphatic carbocycles. The highest BCUT2D eigenvalue weighted by Gasteiger charge is 2.15. The molecule has 1 aromatic carbocycles. The van der Waals surface area contributed by atoms with Crippen molar-refractivity contribution in [1.82, 2.24) is 24.5 Å². The lowest BCUT2D eigenvalue weighted by molar-refractivity contribution is 0.0797. The standard InChI is InChI=1S/C19H13F2N5O2/c1-3-13-18-15(6-7-17(22-18)28-10-16(20)21)24-26(19(13)27)12-4-5-14-11(8-12)9-25(2)23-14/h1,4-9,16H,10H2,2H3. The van der Waals surface area contributed by atoms with Gasteiger partial charge in [-0.15, -0.1) is 6.42 Å². The number of pyridine rings is 1. The molecule has 9 heteroatoms. The Morgan fingerprint density at radius 2 is 2.00 bits per heavy atom. The van der Waals surface area contributed by atoms with Crippen molar-refractivity contribution in [3.8, 4) is 23.9 Å². The van der Waals surface area contributed by atoms with E-state index < -0.39 is 18.6 Å². The van der Waals surface area contributed by atoms with Crippen LogP contribution in [0, 0.1) is 12.3 Å². The minimum absolute atomic E-state index is 0.0289. The van der Waals surface area contributed by atoms with Crippen molar-refractivity contribution in [3.05, 3.63) is 52.4 Å². The third-order valence-electron chi connectivity index (χ3n) is 4.05. The smallest absolute Gasteiger partial charge is 0.289 e. The molecular weight excluding hydrogens is 368 g/mol. The molecule has 3 aromatic heterocycles. The number of terminal acetylenes is 1. The maximum absolute atomic E-state index is 12.9. The van der Waals surface area contributed by atoms with Crippen LogP contribution >= 0.6 is 0 Å². The molecule has 0 aliphatic heterocycles. The number of rotatable bonds is 4. The Morgan fingerprint density at radius 1 is 1.21 bits per heavy atom. The van der Waals surface area contributed by atoms with Gasteiger partial charge in [0.15, 0.2) is 6.61 Å². The largest absolute Gasteiger partial charge is 0.472 e. The highest BCUT2D eigenvalue weighted by Crippen LogP contribution is 2.20. The van der Waals surface area contributed by atoms with Crippen LogP contribution in [0.15, 0.2) is 41.3 Å². The highest BCUT2D eigenvalue weighted by molar-refractivity contribution is 5.82. The number of aromatic nitrogens is 5. The summed E-state index contributed by atoms with van der Waals surface area (Å²) in [6.45, 7) is -0.806. The molecule has 0 saturated heterocycles. The van der Waals surface area contributed by atoms with E-state index in [-0.39, 0.29) is 17.0 Å². The van der Waals surface area contributed by atoms with Gasteiger partial charge in [0.2, 0.25) is 5.88 Å². The molecule has 140 valence electrons. The van der Waals surface area contributed by atoms with E-state index in [0.717, 1.165) is 10.9 Å². The van der Waals surface area contributed by atoms with Gasteiger partial charge in [-0.1, -0.05) is 5.92 Å². The number of hydrogen-bond acceptors (Lipinski definition) is 5. The summed E-state index contributed by atoms with van der Waals surface area (Å²) in [5.74, 6) is 2.27. The summed E-state index contributed by atoms with van der Waals surface area (Å²) in [5.41, 5.74) is 1.18. The Labute approximate surface area is 157 Å². The third kappa shape index (κ3) is 3.05. The number of nitrogens with zero attached hydrogens (tertiary/aromatic N) is 5. The summed E-state index contributed by atoms with van der Waals surface area (Å²) < 4.78 is 32.4. The lowest BCUT2D eigenvalue weighted by Gasteiger charge is -2.09. The Hall–Kier alpha value is -3.80. The summed E-state index contributed by atoms with van der Waals surface area (Å²) >= 11 is 0. The van der Waals surface area contributed by atoms with Gasteiger partial charge in [-0.2, -0.15) is 14.9 Å². The number of fused-ring (bicyclic) bond motifs is 2. The molecular formula is C19H13F2N5O2. The highest BCUT2D eigenvalue weighted by atomic mass is 19.3. The predicted molar refractivity (Wildman–Crippen MR) is 98.8 cm³/mol. The number of aryl methyl sites for hydroxylation is 1. The lowest BCUT2D eigenvalue weighted by Crippen LogP contribution is -2.24. The second-order valence-electron chi connectivity index (χ2n) is 6.00. The second-order valence-corrected chi connectivity index (χ2v) is 6.00. The number of ether oxygens (including phenoxy) is 1. The molecule has 0 atom stereocenters. The Morgan fingerprint density at radius 3 is 2.75 bits per heavy atom. The van der Waals surface area contributed by atoms with Crippen molar-refractivity contribution in [3.63, 3.8) is 0 Å². The zero-order valence-electron chi connectivity index (χ0n) is 14.6. The van der Waals surface area contributed by atoms with Crippen LogP contribution in [0.25, 0.3) is 27.6 Å². The summed E-state index contributed by atoms with van der Waals surface area (Å²) in [5, 5.41) is 9.45. The van der Waals surface area contributed by atoms with Crippen molar-refractivity contribution >= 4 is 21.9 Å². The fraction of sp³-hybridized carbons (Fsp3) is 0.158. The molecule has 7 nitrogen and oxygen atoms in total. The molecule has 0 radical (unpaired) electrons. The van der Waals surface area contributed by atoms with E-state index in [0.29, 0.717) is 11.2 Å². The first kappa shape index (κ1) is 17.6. The van der Waals surface area contributed by atoms with Gasteiger partial charge in [0.25, 0.3) is 12.0 Å². The van der Waals surface area contributed by atoms with Gasteiger partial charge >= 0.3 is 0 Å². The summed E-state index contributed by atoms with van der Waals surface area (Å²) in [4.78, 5) is 16.9. The molecule has 4 aromatic rings. The van der Waals surface area contributed by atoms with Crippen molar-refractivity contribution in [1.29, 1.82) is 0 Å². The van der Waals surface area contributed by atoms with Crippen LogP contribution in [0.1, 0.15) is 5.56 Å². The van der Waals surface area contributed by atoms with E-state index in [9.17, 15) is 13.6 Å². The van der Waals surface area contributed by atoms with E-state index in [1.165, 1.54) is 16.8 Å². The normalized spacial score (nSPS) is 11.2. The number of alkyl halides is 2. The van der Waals surface area contributed by atoms with Crippen LogP contribution in [-0.2, 0) is 7.05 Å². The number of hydrogen-bond donors (Lipinski definition) is 0. The maximum Gasteiger partial charge on any atom is 0.289 e. The average Bonchev–Trinajstić information content (AvgIpc) is 3.05. The van der Waals surface area contributed by atoms with Crippen LogP contribution in [0.5, 0.6) is 5.88 Å². The van der Waals surface area contributed by atoms with Gasteiger partial charge < -0.3 is 4.74 Å². The molecule has 0 bridgehead atoms. The topological polar surface area (TPSA) is 74.8 Å². The zero-order chi connectivity index (χ0) is 19.8. The minimum atomic E-state index is -2.64.